The maximum Gasteiger partial charge on any atom is 0.0714 e. The lowest BCUT2D eigenvalue weighted by Crippen LogP contribution is -2.28. The van der Waals surface area contributed by atoms with Crippen molar-refractivity contribution in [1.82, 2.24) is 0 Å². The summed E-state index contributed by atoms with van der Waals surface area (Å²) >= 11 is 6.74. The van der Waals surface area contributed by atoms with E-state index in [1.807, 2.05) is 12.1 Å². The quantitative estimate of drug-likeness (QED) is 0.182. The molecule has 9 rings (SSSR count). The topological polar surface area (TPSA) is 3.24 Å². The molecule has 48 heavy (non-hydrogen) atoms. The lowest BCUT2D eigenvalue weighted by atomic mass is 9.68. The normalized spacial score (nSPS) is 14.5. The minimum atomic E-state index is -0.481. The summed E-state index contributed by atoms with van der Waals surface area (Å²) in [6, 6.07) is 61.8. The lowest BCUT2D eigenvalue weighted by molar-refractivity contribution is 0.660. The van der Waals surface area contributed by atoms with Crippen molar-refractivity contribution in [2.45, 2.75) is 24.7 Å². The van der Waals surface area contributed by atoms with Crippen molar-refractivity contribution in [3.8, 4) is 22.3 Å². The van der Waals surface area contributed by atoms with Crippen LogP contribution in [0.2, 0.25) is 5.02 Å². The molecule has 0 unspecified atom stereocenters. The predicted octanol–water partition coefficient (Wildman–Crippen LogP) is 12.5. The van der Waals surface area contributed by atoms with E-state index in [1.165, 1.54) is 55.6 Å². The van der Waals surface area contributed by atoms with Crippen molar-refractivity contribution >= 4 is 28.7 Å². The highest BCUT2D eigenvalue weighted by Gasteiger charge is 2.47. The summed E-state index contributed by atoms with van der Waals surface area (Å²) in [6.07, 6.45) is 0. The zero-order valence-corrected chi connectivity index (χ0v) is 27.7. The Morgan fingerprint density at radius 2 is 1.00 bits per heavy atom. The zero-order valence-electron chi connectivity index (χ0n) is 27.0. The van der Waals surface area contributed by atoms with E-state index in [0.29, 0.717) is 5.02 Å². The van der Waals surface area contributed by atoms with Gasteiger partial charge >= 0.3 is 0 Å². The van der Waals surface area contributed by atoms with E-state index < -0.39 is 5.41 Å². The number of halogens is 1. The second kappa shape index (κ2) is 10.8. The van der Waals surface area contributed by atoms with E-state index in [0.717, 1.165) is 17.1 Å². The molecule has 7 aromatic carbocycles. The van der Waals surface area contributed by atoms with Gasteiger partial charge in [0.25, 0.3) is 0 Å². The number of nitrogens with zero attached hydrogens (tertiary/aromatic N) is 1. The molecule has 2 aliphatic carbocycles. The van der Waals surface area contributed by atoms with Crippen LogP contribution in [0.1, 0.15) is 47.2 Å². The molecule has 0 saturated carbocycles. The average Bonchev–Trinajstić information content (AvgIpc) is 3.56. The number of hydrogen-bond acceptors (Lipinski definition) is 1. The molecule has 0 aromatic heterocycles. The standard InChI is InChI=1S/C46H34ClN/c1-45(2)39-23-11-9-21-36(39)38-30-35(27-28-40(38)45)48(34-20-13-19-33(47)29-34)43-26-14-25-42-44(43)37-22-10-12-24-41(37)46(42,31-15-5-3-6-16-31)32-17-7-4-8-18-32/h3-30H,1-2H3. The fourth-order valence-electron chi connectivity index (χ4n) is 8.55. The minimum Gasteiger partial charge on any atom is -0.310 e. The predicted molar refractivity (Wildman–Crippen MR) is 201 cm³/mol. The van der Waals surface area contributed by atoms with E-state index in [2.05, 4.69) is 176 Å². The Kier molecular flexibility index (Phi) is 6.51. The molecule has 0 fully saturated rings. The van der Waals surface area contributed by atoms with Crippen molar-refractivity contribution in [3.05, 3.63) is 208 Å². The number of anilines is 3. The largest absolute Gasteiger partial charge is 0.310 e. The first-order chi connectivity index (χ1) is 23.5. The van der Waals surface area contributed by atoms with Crippen molar-refractivity contribution in [3.63, 3.8) is 0 Å². The Balaban J connectivity index is 1.36. The Hall–Kier alpha value is -5.37. The summed E-state index contributed by atoms with van der Waals surface area (Å²) < 4.78 is 0. The van der Waals surface area contributed by atoms with Crippen LogP contribution in [0.4, 0.5) is 17.1 Å². The van der Waals surface area contributed by atoms with Crippen LogP contribution >= 0.6 is 11.6 Å². The number of rotatable bonds is 5. The van der Waals surface area contributed by atoms with Gasteiger partial charge in [0.05, 0.1) is 11.1 Å². The zero-order chi connectivity index (χ0) is 32.5. The monoisotopic (exact) mass is 635 g/mol. The molecule has 1 nitrogen and oxygen atoms in total. The first-order valence-electron chi connectivity index (χ1n) is 16.6. The van der Waals surface area contributed by atoms with Crippen LogP contribution in [0.3, 0.4) is 0 Å². The van der Waals surface area contributed by atoms with Gasteiger partial charge < -0.3 is 4.90 Å². The van der Waals surface area contributed by atoms with Gasteiger partial charge in [-0.05, 0) is 86.5 Å². The van der Waals surface area contributed by atoms with Gasteiger partial charge in [0.15, 0.2) is 0 Å². The SMILES string of the molecule is CC1(C)c2ccccc2-c2cc(N(c3cccc(Cl)c3)c3cccc4c3-c3ccccc3C4(c3ccccc3)c3ccccc3)ccc21. The molecule has 0 spiro atoms. The third-order valence-electron chi connectivity index (χ3n) is 10.6. The van der Waals surface area contributed by atoms with E-state index in [4.69, 9.17) is 11.6 Å². The number of fused-ring (bicyclic) bond motifs is 6. The average molecular weight is 636 g/mol. The van der Waals surface area contributed by atoms with Crippen LogP contribution in [0, 0.1) is 0 Å². The van der Waals surface area contributed by atoms with Crippen LogP contribution in [0.15, 0.2) is 170 Å². The molecule has 230 valence electrons. The van der Waals surface area contributed by atoms with Gasteiger partial charge in [-0.3, -0.25) is 0 Å². The van der Waals surface area contributed by atoms with Gasteiger partial charge in [-0.15, -0.1) is 0 Å². The van der Waals surface area contributed by atoms with Crippen molar-refractivity contribution in [1.29, 1.82) is 0 Å². The second-order valence-corrected chi connectivity index (χ2v) is 13.9. The van der Waals surface area contributed by atoms with E-state index >= 15 is 0 Å². The number of hydrogen-bond donors (Lipinski definition) is 0. The molecule has 0 N–H and O–H groups in total. The van der Waals surface area contributed by atoms with Gasteiger partial charge in [-0.1, -0.05) is 159 Å². The Labute approximate surface area is 287 Å². The molecule has 0 heterocycles. The summed E-state index contributed by atoms with van der Waals surface area (Å²) in [5.74, 6) is 0. The van der Waals surface area contributed by atoms with E-state index in [9.17, 15) is 0 Å². The Morgan fingerprint density at radius 3 is 1.71 bits per heavy atom. The molecule has 0 saturated heterocycles. The van der Waals surface area contributed by atoms with Gasteiger partial charge in [0.1, 0.15) is 0 Å². The van der Waals surface area contributed by atoms with Crippen LogP contribution in [-0.4, -0.2) is 0 Å². The molecule has 0 atom stereocenters. The molecule has 0 bridgehead atoms. The van der Waals surface area contributed by atoms with E-state index in [-0.39, 0.29) is 5.41 Å². The van der Waals surface area contributed by atoms with Crippen molar-refractivity contribution in [2.24, 2.45) is 0 Å². The van der Waals surface area contributed by atoms with Gasteiger partial charge in [0, 0.05) is 27.4 Å². The fraction of sp³-hybridized carbons (Fsp3) is 0.0870. The molecule has 2 aliphatic rings. The van der Waals surface area contributed by atoms with Crippen LogP contribution in [0.5, 0.6) is 0 Å². The number of benzene rings is 7. The summed E-state index contributed by atoms with van der Waals surface area (Å²) in [5.41, 5.74) is 15.6. The third kappa shape index (κ3) is 4.04. The minimum absolute atomic E-state index is 0.0662. The molecule has 0 aliphatic heterocycles. The maximum absolute atomic E-state index is 6.74. The highest BCUT2D eigenvalue weighted by atomic mass is 35.5. The highest BCUT2D eigenvalue weighted by molar-refractivity contribution is 6.30. The lowest BCUT2D eigenvalue weighted by Gasteiger charge is -2.34. The molecular weight excluding hydrogens is 602 g/mol. The Morgan fingerprint density at radius 1 is 0.438 bits per heavy atom. The highest BCUT2D eigenvalue weighted by Crippen LogP contribution is 2.60. The summed E-state index contributed by atoms with van der Waals surface area (Å²) in [7, 11) is 0. The molecule has 0 radical (unpaired) electrons. The van der Waals surface area contributed by atoms with Gasteiger partial charge in [-0.2, -0.15) is 0 Å². The second-order valence-electron chi connectivity index (χ2n) is 13.4. The van der Waals surface area contributed by atoms with Crippen LogP contribution in [0.25, 0.3) is 22.3 Å². The summed E-state index contributed by atoms with van der Waals surface area (Å²) in [6.45, 7) is 4.67. The van der Waals surface area contributed by atoms with Crippen molar-refractivity contribution < 1.29 is 0 Å². The smallest absolute Gasteiger partial charge is 0.0714 e. The Bertz CT molecular complexity index is 2300. The third-order valence-corrected chi connectivity index (χ3v) is 10.8. The summed E-state index contributed by atoms with van der Waals surface area (Å²) in [4.78, 5) is 2.40. The van der Waals surface area contributed by atoms with Crippen LogP contribution < -0.4 is 4.90 Å². The maximum atomic E-state index is 6.74. The van der Waals surface area contributed by atoms with Gasteiger partial charge in [0.2, 0.25) is 0 Å². The molecule has 7 aromatic rings. The van der Waals surface area contributed by atoms with Crippen LogP contribution in [-0.2, 0) is 10.8 Å². The molecule has 2 heteroatoms. The first kappa shape index (κ1) is 28.8. The van der Waals surface area contributed by atoms with Crippen molar-refractivity contribution in [2.75, 3.05) is 4.90 Å². The molecular formula is C46H34ClN. The first-order valence-corrected chi connectivity index (χ1v) is 17.0. The fourth-order valence-corrected chi connectivity index (χ4v) is 8.73. The molecule has 0 amide bonds. The van der Waals surface area contributed by atoms with Gasteiger partial charge in [-0.25, -0.2) is 0 Å². The summed E-state index contributed by atoms with van der Waals surface area (Å²) in [5, 5.41) is 0.709. The van der Waals surface area contributed by atoms with E-state index in [1.54, 1.807) is 0 Å².